The van der Waals surface area contributed by atoms with Gasteiger partial charge in [0.15, 0.2) is 0 Å². The van der Waals surface area contributed by atoms with Crippen molar-refractivity contribution in [3.63, 3.8) is 0 Å². The molecule has 0 amide bonds. The summed E-state index contributed by atoms with van der Waals surface area (Å²) in [5.41, 5.74) is 0. The van der Waals surface area contributed by atoms with E-state index < -0.39 is 0 Å². The average Bonchev–Trinajstić information content (AvgIpc) is 2.51. The molecule has 15 heavy (non-hydrogen) atoms. The van der Waals surface area contributed by atoms with Crippen molar-refractivity contribution in [2.75, 3.05) is 33.3 Å². The molecule has 2 fully saturated rings. The summed E-state index contributed by atoms with van der Waals surface area (Å²) in [6.07, 6.45) is 0.409. The molecule has 0 spiro atoms. The van der Waals surface area contributed by atoms with Crippen LogP contribution in [0.25, 0.3) is 0 Å². The molecule has 90 valence electrons. The summed E-state index contributed by atoms with van der Waals surface area (Å²) < 4.78 is 5.62. The first-order valence-corrected chi connectivity index (χ1v) is 4.85. The first-order valence-electron chi connectivity index (χ1n) is 4.85. The van der Waals surface area contributed by atoms with Crippen molar-refractivity contribution in [2.24, 2.45) is 0 Å². The van der Waals surface area contributed by atoms with E-state index in [2.05, 4.69) is 30.8 Å². The van der Waals surface area contributed by atoms with Crippen LogP contribution in [0.1, 0.15) is 14.4 Å². The Morgan fingerprint density at radius 3 is 2.40 bits per heavy atom. The maximum atomic E-state index is 5.62. The molecule has 0 aromatic heterocycles. The molecule has 0 aromatic carbocycles. The van der Waals surface area contributed by atoms with Gasteiger partial charge in [0.25, 0.3) is 0 Å². The van der Waals surface area contributed by atoms with E-state index in [9.17, 15) is 0 Å². The molecule has 2 atom stereocenters. The molecule has 0 unspecified atom stereocenters. The third-order valence-corrected chi connectivity index (χ3v) is 2.65. The quantitative estimate of drug-likeness (QED) is 0.586. The van der Waals surface area contributed by atoms with Crippen LogP contribution in [0, 0.1) is 14.0 Å². The second kappa shape index (κ2) is 8.69. The average molecular weight is 384 g/mol. The molecule has 2 saturated heterocycles. The fraction of sp³-hybridized carbons (Fsp3) is 0.818. The SMILES string of the molecule is C.[CH2-]C.[CH2-]N1C[C@H]2OCCN(C)[C@H]2C1.[W+2]. The molecule has 0 saturated carbocycles. The van der Waals surface area contributed by atoms with Crippen molar-refractivity contribution in [1.29, 1.82) is 0 Å². The Balaban J connectivity index is 0. The Hall–Kier alpha value is 0.568. The summed E-state index contributed by atoms with van der Waals surface area (Å²) in [6, 6.07) is 0.584. The van der Waals surface area contributed by atoms with Crippen molar-refractivity contribution in [3.05, 3.63) is 14.0 Å². The zero-order valence-electron chi connectivity index (χ0n) is 9.11. The Labute approximate surface area is 109 Å². The molecule has 2 aliphatic heterocycles. The topological polar surface area (TPSA) is 15.7 Å². The molecule has 2 rings (SSSR count). The van der Waals surface area contributed by atoms with Gasteiger partial charge in [0.2, 0.25) is 0 Å². The first-order chi connectivity index (χ1) is 6.27. The fourth-order valence-electron chi connectivity index (χ4n) is 1.93. The molecule has 2 aliphatic rings. The molecular formula is C11H24N2OW. The standard InChI is InChI=1S/C8H15N2O.C2H5.CH4.W/c1-9-5-7-8(6-9)11-4-3-10(7)2;1-2;;/h7-8H,1,3-6H2,2H3;1H2,2H3;1H4;/q2*-1;;+2/t7-,8+;;;/m0.../s1. The van der Waals surface area contributed by atoms with E-state index in [4.69, 9.17) is 4.74 Å². The number of morpholine rings is 1. The van der Waals surface area contributed by atoms with Crippen LogP contribution in [0.5, 0.6) is 0 Å². The maximum absolute atomic E-state index is 5.62. The van der Waals surface area contributed by atoms with Crippen LogP contribution in [0.15, 0.2) is 0 Å². The Bertz CT molecular complexity index is 158. The van der Waals surface area contributed by atoms with Gasteiger partial charge in [-0.25, -0.2) is 0 Å². The van der Waals surface area contributed by atoms with Crippen LogP contribution in [0.2, 0.25) is 0 Å². The minimum Gasteiger partial charge on any atom is -0.456 e. The largest absolute Gasteiger partial charge is 2.00 e. The smallest absolute Gasteiger partial charge is 0.456 e. The van der Waals surface area contributed by atoms with Crippen LogP contribution in [0.3, 0.4) is 0 Å². The predicted molar refractivity (Wildman–Crippen MR) is 60.9 cm³/mol. The van der Waals surface area contributed by atoms with Crippen molar-refractivity contribution in [1.82, 2.24) is 9.80 Å². The van der Waals surface area contributed by atoms with Gasteiger partial charge in [0.05, 0.1) is 12.7 Å². The fourth-order valence-corrected chi connectivity index (χ4v) is 1.93. The third-order valence-electron chi connectivity index (χ3n) is 2.65. The molecule has 0 bridgehead atoms. The molecule has 4 heteroatoms. The van der Waals surface area contributed by atoms with Crippen LogP contribution in [-0.2, 0) is 25.8 Å². The summed E-state index contributed by atoms with van der Waals surface area (Å²) in [5, 5.41) is 0. The van der Waals surface area contributed by atoms with Gasteiger partial charge >= 0.3 is 21.1 Å². The van der Waals surface area contributed by atoms with Crippen molar-refractivity contribution < 1.29 is 25.8 Å². The minimum atomic E-state index is 0. The van der Waals surface area contributed by atoms with E-state index in [0.29, 0.717) is 12.1 Å². The van der Waals surface area contributed by atoms with E-state index in [-0.39, 0.29) is 28.5 Å². The van der Waals surface area contributed by atoms with Gasteiger partial charge in [-0.1, -0.05) is 7.43 Å². The molecule has 2 heterocycles. The summed E-state index contributed by atoms with van der Waals surface area (Å²) >= 11 is 0. The van der Waals surface area contributed by atoms with E-state index in [0.717, 1.165) is 26.2 Å². The zero-order valence-corrected chi connectivity index (χ0v) is 12.0. The van der Waals surface area contributed by atoms with Crippen LogP contribution >= 0.6 is 0 Å². The number of fused-ring (bicyclic) bond motifs is 1. The summed E-state index contributed by atoms with van der Waals surface area (Å²) in [4.78, 5) is 4.47. The van der Waals surface area contributed by atoms with Crippen molar-refractivity contribution >= 4 is 0 Å². The predicted octanol–water partition coefficient (Wildman–Crippen LogP) is 1.27. The minimum absolute atomic E-state index is 0. The Morgan fingerprint density at radius 1 is 1.27 bits per heavy atom. The number of likely N-dealkylation sites (N-methyl/N-ethyl adjacent to an activating group) is 1. The Kier molecular flexibility index (Phi) is 10.4. The first kappa shape index (κ1) is 17.9. The number of hydrogen-bond donors (Lipinski definition) is 0. The van der Waals surface area contributed by atoms with Gasteiger partial charge in [-0.3, -0.25) is 11.9 Å². The number of nitrogens with zero attached hydrogens (tertiary/aromatic N) is 2. The monoisotopic (exact) mass is 384 g/mol. The zero-order chi connectivity index (χ0) is 9.84. The van der Waals surface area contributed by atoms with E-state index >= 15 is 0 Å². The van der Waals surface area contributed by atoms with Gasteiger partial charge in [-0.2, -0.15) is 6.92 Å². The second-order valence-electron chi connectivity index (χ2n) is 3.49. The van der Waals surface area contributed by atoms with E-state index in [1.807, 2.05) is 0 Å². The van der Waals surface area contributed by atoms with Crippen LogP contribution in [-0.4, -0.2) is 55.2 Å². The maximum Gasteiger partial charge on any atom is 2.00 e. The molecule has 3 nitrogen and oxygen atoms in total. The van der Waals surface area contributed by atoms with E-state index in [1.54, 1.807) is 6.92 Å². The second-order valence-corrected chi connectivity index (χ2v) is 3.49. The van der Waals surface area contributed by atoms with Crippen LogP contribution in [0.4, 0.5) is 0 Å². The van der Waals surface area contributed by atoms with Gasteiger partial charge in [0.1, 0.15) is 0 Å². The molecular weight excluding hydrogens is 360 g/mol. The Morgan fingerprint density at radius 2 is 1.87 bits per heavy atom. The van der Waals surface area contributed by atoms with Gasteiger partial charge < -0.3 is 16.6 Å². The van der Waals surface area contributed by atoms with Crippen molar-refractivity contribution in [3.8, 4) is 0 Å². The van der Waals surface area contributed by atoms with Gasteiger partial charge in [-0.05, 0) is 20.1 Å². The number of rotatable bonds is 0. The van der Waals surface area contributed by atoms with E-state index in [1.165, 1.54) is 0 Å². The number of likely N-dealkylation sites (tertiary alicyclic amines) is 1. The van der Waals surface area contributed by atoms with Gasteiger partial charge in [-0.15, -0.1) is 0 Å². The van der Waals surface area contributed by atoms with Gasteiger partial charge in [0, 0.05) is 12.6 Å². The normalized spacial score (nSPS) is 30.4. The summed E-state index contributed by atoms with van der Waals surface area (Å²) in [7, 11) is 6.09. The summed E-state index contributed by atoms with van der Waals surface area (Å²) in [5.74, 6) is 0. The molecule has 0 N–H and O–H groups in total. The third kappa shape index (κ3) is 4.52. The van der Waals surface area contributed by atoms with Crippen LogP contribution < -0.4 is 0 Å². The number of ether oxygens (including phenoxy) is 1. The van der Waals surface area contributed by atoms with Crippen molar-refractivity contribution in [2.45, 2.75) is 26.5 Å². The number of hydrogen-bond acceptors (Lipinski definition) is 3. The molecule has 0 radical (unpaired) electrons. The molecule has 0 aliphatic carbocycles. The summed E-state index contributed by atoms with van der Waals surface area (Å²) in [6.45, 7) is 9.00. The molecule has 0 aromatic rings.